The van der Waals surface area contributed by atoms with Crippen LogP contribution in [0.2, 0.25) is 0 Å². The number of carbonyl (C=O) groups is 1. The third kappa shape index (κ3) is 5.62. The third-order valence-electron chi connectivity index (χ3n) is 5.39. The molecule has 1 aliphatic heterocycles. The molecule has 0 saturated carbocycles. The maximum atomic E-state index is 12.1. The molecule has 1 aromatic carbocycles. The first kappa shape index (κ1) is 20.5. The molecule has 0 spiro atoms. The number of piperazine rings is 1. The highest BCUT2D eigenvalue weighted by atomic mass is 16.5. The second-order valence-electron chi connectivity index (χ2n) is 7.58. The molecule has 1 amide bonds. The first-order valence-electron chi connectivity index (χ1n) is 10.2. The van der Waals surface area contributed by atoms with Gasteiger partial charge >= 0.3 is 0 Å². The molecule has 1 N–H and O–H groups in total. The quantitative estimate of drug-likeness (QED) is 0.751. The summed E-state index contributed by atoms with van der Waals surface area (Å²) in [6, 6.07) is 10.5. The Labute approximate surface area is 167 Å². The van der Waals surface area contributed by atoms with Crippen molar-refractivity contribution in [1.29, 1.82) is 0 Å². The third-order valence-corrected chi connectivity index (χ3v) is 5.39. The van der Waals surface area contributed by atoms with Crippen LogP contribution >= 0.6 is 0 Å². The van der Waals surface area contributed by atoms with Crippen molar-refractivity contribution in [3.63, 3.8) is 0 Å². The average molecular weight is 386 g/mol. The lowest BCUT2D eigenvalue weighted by Gasteiger charge is -2.36. The number of nitrogens with zero attached hydrogens (tertiary/aromatic N) is 4. The Bertz CT molecular complexity index is 740. The summed E-state index contributed by atoms with van der Waals surface area (Å²) in [5, 5.41) is 7.17. The highest BCUT2D eigenvalue weighted by Crippen LogP contribution is 2.20. The number of aromatic nitrogens is 2. The van der Waals surface area contributed by atoms with Crippen molar-refractivity contribution >= 4 is 5.91 Å². The maximum absolute atomic E-state index is 12.1. The molecule has 2 atom stereocenters. The van der Waals surface area contributed by atoms with Crippen LogP contribution in [0.4, 0.5) is 0 Å². The second kappa shape index (κ2) is 9.80. The summed E-state index contributed by atoms with van der Waals surface area (Å²) in [5.41, 5.74) is 1.17. The summed E-state index contributed by atoms with van der Waals surface area (Å²) >= 11 is 0. The maximum Gasteiger partial charge on any atom is 0.243 e. The topological polar surface area (TPSA) is 74.5 Å². The molecule has 0 bridgehead atoms. The van der Waals surface area contributed by atoms with Crippen molar-refractivity contribution in [2.45, 2.75) is 45.7 Å². The second-order valence-corrected chi connectivity index (χ2v) is 7.58. The minimum atomic E-state index is 0.0770. The van der Waals surface area contributed by atoms with Gasteiger partial charge in [-0.2, -0.15) is 4.98 Å². The van der Waals surface area contributed by atoms with Gasteiger partial charge in [-0.3, -0.25) is 14.6 Å². The van der Waals surface area contributed by atoms with Crippen molar-refractivity contribution in [1.82, 2.24) is 25.3 Å². The van der Waals surface area contributed by atoms with Crippen molar-refractivity contribution < 1.29 is 9.32 Å². The van der Waals surface area contributed by atoms with Gasteiger partial charge in [0.2, 0.25) is 11.8 Å². The summed E-state index contributed by atoms with van der Waals surface area (Å²) in [5.74, 6) is 1.49. The van der Waals surface area contributed by atoms with Gasteiger partial charge < -0.3 is 9.84 Å². The molecule has 2 aromatic rings. The zero-order chi connectivity index (χ0) is 19.9. The van der Waals surface area contributed by atoms with Gasteiger partial charge in [-0.25, -0.2) is 0 Å². The molecule has 7 nitrogen and oxygen atoms in total. The fraction of sp³-hybridized carbons (Fsp3) is 0.571. The van der Waals surface area contributed by atoms with Crippen LogP contribution in [-0.4, -0.2) is 64.6 Å². The minimum absolute atomic E-state index is 0.0770. The Balaban J connectivity index is 1.47. The van der Waals surface area contributed by atoms with Crippen LogP contribution in [0.3, 0.4) is 0 Å². The Morgan fingerprint density at radius 3 is 2.57 bits per heavy atom. The lowest BCUT2D eigenvalue weighted by Crippen LogP contribution is -2.50. The molecule has 1 aromatic heterocycles. The van der Waals surface area contributed by atoms with Crippen molar-refractivity contribution in [2.24, 2.45) is 0 Å². The molecular weight excluding hydrogens is 354 g/mol. The van der Waals surface area contributed by atoms with Gasteiger partial charge in [0, 0.05) is 38.6 Å². The molecule has 2 unspecified atom stereocenters. The highest BCUT2D eigenvalue weighted by molar-refractivity contribution is 5.78. The largest absolute Gasteiger partial charge is 0.353 e. The lowest BCUT2D eigenvalue weighted by atomic mass is 10.1. The number of carbonyl (C=O) groups excluding carboxylic acids is 1. The van der Waals surface area contributed by atoms with Crippen LogP contribution in [-0.2, 0) is 11.2 Å². The molecule has 1 aliphatic rings. The summed E-state index contributed by atoms with van der Waals surface area (Å²) in [4.78, 5) is 21.2. The van der Waals surface area contributed by atoms with Gasteiger partial charge in [-0.15, -0.1) is 0 Å². The molecule has 28 heavy (non-hydrogen) atoms. The Morgan fingerprint density at radius 2 is 1.89 bits per heavy atom. The highest BCUT2D eigenvalue weighted by Gasteiger charge is 2.26. The zero-order valence-corrected chi connectivity index (χ0v) is 17.1. The van der Waals surface area contributed by atoms with E-state index in [9.17, 15) is 4.79 Å². The van der Waals surface area contributed by atoms with E-state index in [1.54, 1.807) is 0 Å². The Morgan fingerprint density at radius 1 is 1.18 bits per heavy atom. The summed E-state index contributed by atoms with van der Waals surface area (Å²) in [6.45, 7) is 10.2. The van der Waals surface area contributed by atoms with E-state index >= 15 is 0 Å². The number of amides is 1. The standard InChI is InChI=1S/C21H31N5O2/c1-4-16(2)22-20(27)15-25-10-12-26(13-11-25)17(3)21-23-19(24-28-21)14-18-8-6-5-7-9-18/h5-9,16-17H,4,10-15H2,1-3H3,(H,22,27). The fourth-order valence-corrected chi connectivity index (χ4v) is 3.38. The van der Waals surface area contributed by atoms with Crippen LogP contribution in [0.15, 0.2) is 34.9 Å². The normalized spacial score (nSPS) is 18.0. The van der Waals surface area contributed by atoms with Crippen LogP contribution < -0.4 is 5.32 Å². The van der Waals surface area contributed by atoms with Crippen LogP contribution in [0.5, 0.6) is 0 Å². The van der Waals surface area contributed by atoms with Crippen LogP contribution in [0.25, 0.3) is 0 Å². The van der Waals surface area contributed by atoms with E-state index in [1.165, 1.54) is 5.56 Å². The van der Waals surface area contributed by atoms with Crippen LogP contribution in [0, 0.1) is 0 Å². The van der Waals surface area contributed by atoms with Gasteiger partial charge in [0.15, 0.2) is 5.82 Å². The predicted octanol–water partition coefficient (Wildman–Crippen LogP) is 2.25. The van der Waals surface area contributed by atoms with Crippen molar-refractivity contribution in [3.8, 4) is 0 Å². The molecule has 0 radical (unpaired) electrons. The van der Waals surface area contributed by atoms with Gasteiger partial charge in [0.25, 0.3) is 0 Å². The van der Waals surface area contributed by atoms with E-state index < -0.39 is 0 Å². The SMILES string of the molecule is CCC(C)NC(=O)CN1CCN(C(C)c2nc(Cc3ccccc3)no2)CC1. The first-order valence-corrected chi connectivity index (χ1v) is 10.2. The predicted molar refractivity (Wildman–Crippen MR) is 108 cm³/mol. The monoisotopic (exact) mass is 385 g/mol. The van der Waals surface area contributed by atoms with Gasteiger partial charge in [-0.05, 0) is 25.8 Å². The Kier molecular flexibility index (Phi) is 7.17. The van der Waals surface area contributed by atoms with Crippen molar-refractivity contribution in [3.05, 3.63) is 47.6 Å². The first-order chi connectivity index (χ1) is 13.5. The van der Waals surface area contributed by atoms with E-state index in [0.717, 1.165) is 32.6 Å². The van der Waals surface area contributed by atoms with E-state index in [1.807, 2.05) is 25.1 Å². The van der Waals surface area contributed by atoms with Gasteiger partial charge in [0.05, 0.1) is 12.6 Å². The van der Waals surface area contributed by atoms with E-state index in [0.29, 0.717) is 24.7 Å². The molecule has 3 rings (SSSR count). The molecule has 7 heteroatoms. The fourth-order valence-electron chi connectivity index (χ4n) is 3.38. The summed E-state index contributed by atoms with van der Waals surface area (Å²) in [7, 11) is 0. The summed E-state index contributed by atoms with van der Waals surface area (Å²) < 4.78 is 5.52. The Hall–Kier alpha value is -2.25. The summed E-state index contributed by atoms with van der Waals surface area (Å²) in [6.07, 6.45) is 1.63. The average Bonchev–Trinajstić information content (AvgIpc) is 3.17. The van der Waals surface area contributed by atoms with Crippen LogP contribution in [0.1, 0.15) is 50.5 Å². The number of nitrogens with one attached hydrogen (secondary N) is 1. The van der Waals surface area contributed by atoms with Crippen molar-refractivity contribution in [2.75, 3.05) is 32.7 Å². The number of benzene rings is 1. The number of hydrogen-bond donors (Lipinski definition) is 1. The van der Waals surface area contributed by atoms with E-state index in [2.05, 4.69) is 51.2 Å². The molecular formula is C21H31N5O2. The molecule has 2 heterocycles. The minimum Gasteiger partial charge on any atom is -0.353 e. The van der Waals surface area contributed by atoms with E-state index in [4.69, 9.17) is 4.52 Å². The van der Waals surface area contributed by atoms with Gasteiger partial charge in [-0.1, -0.05) is 42.4 Å². The molecule has 0 aliphatic carbocycles. The molecule has 152 valence electrons. The number of rotatable bonds is 8. The smallest absolute Gasteiger partial charge is 0.243 e. The molecule has 1 fully saturated rings. The zero-order valence-electron chi connectivity index (χ0n) is 17.1. The number of hydrogen-bond acceptors (Lipinski definition) is 6. The van der Waals surface area contributed by atoms with E-state index in [-0.39, 0.29) is 18.0 Å². The van der Waals surface area contributed by atoms with Gasteiger partial charge in [0.1, 0.15) is 0 Å². The molecule has 1 saturated heterocycles. The lowest BCUT2D eigenvalue weighted by molar-refractivity contribution is -0.123.